The Hall–Kier alpha value is -3.65. The maximum Gasteiger partial charge on any atom is 0.182 e. The van der Waals surface area contributed by atoms with Crippen LogP contribution in [0.15, 0.2) is 55.1 Å². The van der Waals surface area contributed by atoms with Gasteiger partial charge >= 0.3 is 0 Å². The van der Waals surface area contributed by atoms with Gasteiger partial charge in [-0.2, -0.15) is 0 Å². The Morgan fingerprint density at radius 3 is 2.81 bits per heavy atom. The smallest absolute Gasteiger partial charge is 0.182 e. The Balaban J connectivity index is 1.53. The number of hydrogen-bond donors (Lipinski definition) is 2. The fraction of sp³-hybridized carbons (Fsp3) is 0.0909. The number of aromatic nitrogens is 5. The van der Waals surface area contributed by atoms with Crippen molar-refractivity contribution in [1.29, 1.82) is 0 Å². The number of fused-ring (bicyclic) bond motifs is 2. The number of hydrogen-bond acceptors (Lipinski definition) is 5. The van der Waals surface area contributed by atoms with Crippen molar-refractivity contribution >= 4 is 39.5 Å². The third-order valence-electron chi connectivity index (χ3n) is 4.99. The van der Waals surface area contributed by atoms with Gasteiger partial charge < -0.3 is 10.3 Å². The molecule has 3 heterocycles. The van der Waals surface area contributed by atoms with Gasteiger partial charge in [-0.25, -0.2) is 28.7 Å². The van der Waals surface area contributed by atoms with Crippen molar-refractivity contribution in [2.75, 3.05) is 11.9 Å². The number of nitrogens with one attached hydrogen (secondary N) is 2. The molecule has 0 saturated carbocycles. The highest BCUT2D eigenvalue weighted by Crippen LogP contribution is 2.31. The normalized spacial score (nSPS) is 11.3. The topological polar surface area (TPSA) is 79.4 Å². The summed E-state index contributed by atoms with van der Waals surface area (Å²) in [4.78, 5) is 20.1. The lowest BCUT2D eigenvalue weighted by Gasteiger charge is -2.13. The van der Waals surface area contributed by atoms with Crippen LogP contribution in [0.4, 0.5) is 14.6 Å². The van der Waals surface area contributed by atoms with Gasteiger partial charge in [0.1, 0.15) is 11.8 Å². The van der Waals surface area contributed by atoms with E-state index in [-0.39, 0.29) is 5.56 Å². The molecule has 5 aromatic rings. The highest BCUT2D eigenvalue weighted by atomic mass is 35.5. The summed E-state index contributed by atoms with van der Waals surface area (Å²) >= 11 is 6.30. The second-order valence-corrected chi connectivity index (χ2v) is 7.32. The van der Waals surface area contributed by atoms with Gasteiger partial charge in [-0.1, -0.05) is 29.8 Å². The molecule has 2 N–H and O–H groups in total. The van der Waals surface area contributed by atoms with Crippen LogP contribution in [0.25, 0.3) is 33.3 Å². The van der Waals surface area contributed by atoms with Crippen LogP contribution in [0.3, 0.4) is 0 Å². The summed E-state index contributed by atoms with van der Waals surface area (Å²) in [6, 6.07) is 11.4. The number of para-hydroxylation sites is 1. The number of aromatic amines is 1. The summed E-state index contributed by atoms with van der Waals surface area (Å²) in [5.74, 6) is -1.26. The van der Waals surface area contributed by atoms with Gasteiger partial charge in [-0.15, -0.1) is 0 Å². The molecule has 0 atom stereocenters. The molecule has 3 aromatic heterocycles. The van der Waals surface area contributed by atoms with E-state index in [1.807, 2.05) is 18.2 Å². The van der Waals surface area contributed by atoms with E-state index in [0.29, 0.717) is 46.2 Å². The van der Waals surface area contributed by atoms with Gasteiger partial charge in [0.25, 0.3) is 0 Å². The van der Waals surface area contributed by atoms with E-state index in [1.54, 1.807) is 12.4 Å². The molecule has 0 aliphatic carbocycles. The number of imidazole rings is 1. The molecule has 2 aromatic carbocycles. The summed E-state index contributed by atoms with van der Waals surface area (Å²) in [7, 11) is 0. The van der Waals surface area contributed by atoms with E-state index in [4.69, 9.17) is 11.6 Å². The largest absolute Gasteiger partial charge is 0.368 e. The maximum atomic E-state index is 14.6. The molecule has 0 fully saturated rings. The minimum atomic E-state index is -0.939. The van der Waals surface area contributed by atoms with E-state index in [2.05, 4.69) is 30.2 Å². The summed E-state index contributed by atoms with van der Waals surface area (Å²) in [5.41, 5.74) is 2.99. The highest BCUT2D eigenvalue weighted by molar-refractivity contribution is 6.35. The zero-order valence-electron chi connectivity index (χ0n) is 16.0. The van der Waals surface area contributed by atoms with Gasteiger partial charge in [-0.3, -0.25) is 0 Å². The van der Waals surface area contributed by atoms with E-state index in [0.717, 1.165) is 17.0 Å². The van der Waals surface area contributed by atoms with Crippen molar-refractivity contribution in [3.8, 4) is 11.3 Å². The van der Waals surface area contributed by atoms with Crippen molar-refractivity contribution in [3.63, 3.8) is 0 Å². The van der Waals surface area contributed by atoms with Gasteiger partial charge in [-0.05, 0) is 36.2 Å². The molecule has 31 heavy (non-hydrogen) atoms. The number of benzene rings is 2. The molecule has 6 nitrogen and oxygen atoms in total. The lowest BCUT2D eigenvalue weighted by atomic mass is 10.0. The van der Waals surface area contributed by atoms with E-state index in [1.165, 1.54) is 18.5 Å². The van der Waals surface area contributed by atoms with Crippen LogP contribution in [-0.4, -0.2) is 31.5 Å². The zero-order valence-corrected chi connectivity index (χ0v) is 16.8. The van der Waals surface area contributed by atoms with Crippen LogP contribution in [0.1, 0.15) is 5.56 Å². The fourth-order valence-corrected chi connectivity index (χ4v) is 3.76. The fourth-order valence-electron chi connectivity index (χ4n) is 3.53. The molecule has 0 radical (unpaired) electrons. The first kappa shape index (κ1) is 19.3. The predicted molar refractivity (Wildman–Crippen MR) is 116 cm³/mol. The van der Waals surface area contributed by atoms with Crippen molar-refractivity contribution in [2.45, 2.75) is 6.42 Å². The van der Waals surface area contributed by atoms with Crippen LogP contribution >= 0.6 is 11.6 Å². The molecule has 0 aliphatic heterocycles. The average Bonchev–Trinajstić information content (AvgIpc) is 3.26. The second-order valence-electron chi connectivity index (χ2n) is 6.91. The van der Waals surface area contributed by atoms with Crippen LogP contribution < -0.4 is 5.32 Å². The summed E-state index contributed by atoms with van der Waals surface area (Å²) in [5, 5.41) is 4.51. The van der Waals surface area contributed by atoms with Crippen LogP contribution in [-0.2, 0) is 6.42 Å². The minimum absolute atomic E-state index is 0.0924. The molecule has 0 unspecified atom stereocenters. The van der Waals surface area contributed by atoms with Gasteiger partial charge in [0, 0.05) is 17.5 Å². The molecular formula is C22H15ClF2N6. The van der Waals surface area contributed by atoms with Gasteiger partial charge in [0.05, 0.1) is 22.6 Å². The molecule has 0 spiro atoms. The Morgan fingerprint density at radius 2 is 1.90 bits per heavy atom. The average molecular weight is 437 g/mol. The highest BCUT2D eigenvalue weighted by Gasteiger charge is 2.17. The molecule has 5 rings (SSSR count). The van der Waals surface area contributed by atoms with E-state index >= 15 is 0 Å². The molecule has 154 valence electrons. The standard InChI is InChI=1S/C22H15ClF2N6/c23-15-5-1-3-12-9-13(7-8-26-21-20-22(28-10-27-20)30-11-29-21)18(31-19(12)15)14-4-2-6-16(24)17(14)25/h1-6,9-11H,7-8H2,(H2,26,27,28,29,30). The van der Waals surface area contributed by atoms with Crippen molar-refractivity contribution < 1.29 is 8.78 Å². The van der Waals surface area contributed by atoms with Crippen LogP contribution in [0.2, 0.25) is 5.02 Å². The van der Waals surface area contributed by atoms with E-state index in [9.17, 15) is 8.78 Å². The molecular weight excluding hydrogens is 422 g/mol. The molecule has 9 heteroatoms. The number of halogens is 3. The Bertz CT molecular complexity index is 1420. The van der Waals surface area contributed by atoms with Crippen LogP contribution in [0.5, 0.6) is 0 Å². The lowest BCUT2D eigenvalue weighted by Crippen LogP contribution is -2.09. The quantitative estimate of drug-likeness (QED) is 0.398. The van der Waals surface area contributed by atoms with Crippen molar-refractivity contribution in [3.05, 3.63) is 77.3 Å². The Morgan fingerprint density at radius 1 is 1.03 bits per heavy atom. The molecule has 0 aliphatic rings. The third-order valence-corrected chi connectivity index (χ3v) is 5.30. The number of nitrogens with zero attached hydrogens (tertiary/aromatic N) is 4. The number of H-pyrrole nitrogens is 1. The lowest BCUT2D eigenvalue weighted by molar-refractivity contribution is 0.511. The Labute approximate surface area is 180 Å². The number of pyridine rings is 1. The molecule has 0 bridgehead atoms. The first-order chi connectivity index (χ1) is 15.1. The summed E-state index contributed by atoms with van der Waals surface area (Å²) in [6.07, 6.45) is 3.46. The van der Waals surface area contributed by atoms with Crippen LogP contribution in [0, 0.1) is 11.6 Å². The van der Waals surface area contributed by atoms with Gasteiger partial charge in [0.2, 0.25) is 0 Å². The molecule has 0 saturated heterocycles. The monoisotopic (exact) mass is 436 g/mol. The molecule has 0 amide bonds. The summed E-state index contributed by atoms with van der Waals surface area (Å²) in [6.45, 7) is 0.475. The Kier molecular flexibility index (Phi) is 4.91. The second kappa shape index (κ2) is 7.88. The van der Waals surface area contributed by atoms with Gasteiger partial charge in [0.15, 0.2) is 23.1 Å². The number of anilines is 1. The predicted octanol–water partition coefficient (Wildman–Crippen LogP) is 5.15. The van der Waals surface area contributed by atoms with E-state index < -0.39 is 11.6 Å². The first-order valence-corrected chi connectivity index (χ1v) is 9.90. The minimum Gasteiger partial charge on any atom is -0.368 e. The SMILES string of the molecule is Fc1cccc(-c2nc3c(Cl)cccc3cc2CCNc2ncnc3nc[nH]c23)c1F. The maximum absolute atomic E-state index is 14.6. The summed E-state index contributed by atoms with van der Waals surface area (Å²) < 4.78 is 28.5. The number of rotatable bonds is 5. The zero-order chi connectivity index (χ0) is 21.4. The van der Waals surface area contributed by atoms with Crippen molar-refractivity contribution in [1.82, 2.24) is 24.9 Å². The first-order valence-electron chi connectivity index (χ1n) is 9.52. The van der Waals surface area contributed by atoms with Crippen molar-refractivity contribution in [2.24, 2.45) is 0 Å². The third kappa shape index (κ3) is 3.55.